The summed E-state index contributed by atoms with van der Waals surface area (Å²) in [6.07, 6.45) is -6.84. The van der Waals surface area contributed by atoms with Gasteiger partial charge in [0.15, 0.2) is 11.3 Å². The van der Waals surface area contributed by atoms with Gasteiger partial charge in [0.2, 0.25) is 5.91 Å². The maximum Gasteiger partial charge on any atom is 0.573 e. The number of ether oxygens (including phenoxy) is 3. The number of fused-ring (bicyclic) bond motifs is 1. The molecule has 0 spiro atoms. The summed E-state index contributed by atoms with van der Waals surface area (Å²) >= 11 is 6.50. The van der Waals surface area contributed by atoms with Gasteiger partial charge >= 0.3 is 6.36 Å². The fraction of sp³-hybridized carbons (Fsp3) is 0.394. The lowest BCUT2D eigenvalue weighted by Gasteiger charge is -2.42. The molecule has 1 unspecified atom stereocenters. The number of aliphatic hydroxyl groups is 3. The van der Waals surface area contributed by atoms with Crippen molar-refractivity contribution in [1.82, 2.24) is 9.80 Å². The molecule has 2 aliphatic rings. The van der Waals surface area contributed by atoms with Gasteiger partial charge in [-0.2, -0.15) is 0 Å². The van der Waals surface area contributed by atoms with Gasteiger partial charge in [0.1, 0.15) is 16.4 Å². The molecule has 3 aromatic rings. The Kier molecular flexibility index (Phi) is 10.8. The number of sulfonamides is 1. The Bertz CT molecular complexity index is 1930. The van der Waals surface area contributed by atoms with Gasteiger partial charge in [0, 0.05) is 41.9 Å². The second kappa shape index (κ2) is 14.5. The van der Waals surface area contributed by atoms with E-state index < -0.39 is 69.7 Å². The average Bonchev–Trinajstić information content (AvgIpc) is 3.58. The maximum atomic E-state index is 15.4. The summed E-state index contributed by atoms with van der Waals surface area (Å²) in [5, 5.41) is 30.5. The molecule has 1 saturated heterocycles. The second-order valence-electron chi connectivity index (χ2n) is 11.8. The van der Waals surface area contributed by atoms with E-state index in [1.807, 2.05) is 0 Å². The van der Waals surface area contributed by atoms with Crippen LogP contribution in [0.2, 0.25) is 5.02 Å². The van der Waals surface area contributed by atoms with Crippen LogP contribution in [0.1, 0.15) is 23.1 Å². The van der Waals surface area contributed by atoms with Gasteiger partial charge in [-0.1, -0.05) is 23.2 Å². The highest BCUT2D eigenvalue weighted by Crippen LogP contribution is 2.55. The molecule has 1 fully saturated rings. The molecule has 0 aromatic heterocycles. The van der Waals surface area contributed by atoms with Crippen molar-refractivity contribution in [3.63, 3.8) is 0 Å². The summed E-state index contributed by atoms with van der Waals surface area (Å²) in [5.74, 6) is -3.23. The number of hydrogen-bond acceptors (Lipinski definition) is 11. The van der Waals surface area contributed by atoms with Crippen LogP contribution < -0.4 is 18.5 Å². The molecule has 2 aliphatic heterocycles. The van der Waals surface area contributed by atoms with Crippen molar-refractivity contribution < 1.29 is 60.7 Å². The van der Waals surface area contributed by atoms with Crippen molar-refractivity contribution in [2.75, 3.05) is 51.4 Å². The quantitative estimate of drug-likeness (QED) is 0.249. The molecule has 276 valence electrons. The molecule has 51 heavy (non-hydrogen) atoms. The van der Waals surface area contributed by atoms with Crippen molar-refractivity contribution in [3.05, 3.63) is 76.3 Å². The summed E-state index contributed by atoms with van der Waals surface area (Å²) in [6, 6.07) is 9.75. The van der Waals surface area contributed by atoms with Crippen molar-refractivity contribution in [2.24, 2.45) is 0 Å². The Labute approximate surface area is 296 Å². The number of amides is 2. The highest BCUT2D eigenvalue weighted by Gasteiger charge is 2.64. The van der Waals surface area contributed by atoms with Crippen LogP contribution in [-0.4, -0.2) is 111 Å². The minimum atomic E-state index is -5.34. The van der Waals surface area contributed by atoms with Crippen LogP contribution in [0.4, 0.5) is 18.9 Å². The minimum Gasteiger partial charge on any atom is -0.497 e. The Hall–Kier alpha value is -4.13. The lowest BCUT2D eigenvalue weighted by atomic mass is 9.80. The first kappa shape index (κ1) is 38.1. The molecule has 0 radical (unpaired) electrons. The Balaban J connectivity index is 1.85. The maximum absolute atomic E-state index is 15.4. The van der Waals surface area contributed by atoms with E-state index in [0.717, 1.165) is 24.1 Å². The summed E-state index contributed by atoms with van der Waals surface area (Å²) in [5.41, 5.74) is -2.09. The predicted octanol–water partition coefficient (Wildman–Crippen LogP) is 2.79. The lowest BCUT2D eigenvalue weighted by molar-refractivity contribution is -0.275. The monoisotopic (exact) mass is 757 g/mol. The zero-order valence-electron chi connectivity index (χ0n) is 27.6. The van der Waals surface area contributed by atoms with Gasteiger partial charge in [0.05, 0.1) is 45.3 Å². The zero-order chi connectivity index (χ0) is 37.5. The van der Waals surface area contributed by atoms with E-state index >= 15 is 4.79 Å². The number of methoxy groups -OCH3 is 2. The van der Waals surface area contributed by atoms with E-state index in [-0.39, 0.29) is 59.4 Å². The summed E-state index contributed by atoms with van der Waals surface area (Å²) in [7, 11) is -2.84. The van der Waals surface area contributed by atoms with Gasteiger partial charge in [-0.15, -0.1) is 13.2 Å². The van der Waals surface area contributed by atoms with Gasteiger partial charge < -0.3 is 34.4 Å². The molecule has 13 nitrogen and oxygen atoms in total. The van der Waals surface area contributed by atoms with Crippen LogP contribution >= 0.6 is 11.6 Å². The smallest absolute Gasteiger partial charge is 0.497 e. The Morgan fingerprint density at radius 3 is 2.29 bits per heavy atom. The molecule has 0 saturated carbocycles. The molecular formula is C33H35ClF3N3O10S. The molecule has 3 atom stereocenters. The summed E-state index contributed by atoms with van der Waals surface area (Å²) in [6.45, 7) is -0.0753. The SMILES string of the molecule is COc1ccc(S(=O)(=O)N2C(=O)C(c3cc(C)ccc3OC)(N3C[C@H](O)C[C@H]3C(=O)N(CCO)CCO)c3cc(Cl)ccc32)c(OC(F)(F)F)c1. The Morgan fingerprint density at radius 1 is 1.00 bits per heavy atom. The number of carbonyl (C=O) groups excluding carboxylic acids is 2. The second-order valence-corrected chi connectivity index (χ2v) is 14.0. The van der Waals surface area contributed by atoms with Crippen LogP contribution in [0.25, 0.3) is 0 Å². The number of hydrogen-bond donors (Lipinski definition) is 3. The van der Waals surface area contributed by atoms with Crippen LogP contribution in [0.3, 0.4) is 0 Å². The molecular weight excluding hydrogens is 723 g/mol. The van der Waals surface area contributed by atoms with Gasteiger partial charge in [-0.3, -0.25) is 14.5 Å². The third kappa shape index (κ3) is 6.81. The number of carbonyl (C=O) groups is 2. The first-order chi connectivity index (χ1) is 24.0. The number of aliphatic hydroxyl groups excluding tert-OH is 3. The highest BCUT2D eigenvalue weighted by molar-refractivity contribution is 7.93. The normalized spacial score (nSPS) is 20.7. The van der Waals surface area contributed by atoms with Gasteiger partial charge in [0.25, 0.3) is 15.9 Å². The van der Waals surface area contributed by atoms with Crippen LogP contribution in [0.5, 0.6) is 17.2 Å². The van der Waals surface area contributed by atoms with Crippen molar-refractivity contribution in [3.8, 4) is 17.2 Å². The fourth-order valence-electron chi connectivity index (χ4n) is 6.72. The largest absolute Gasteiger partial charge is 0.573 e. The topological polar surface area (TPSA) is 166 Å². The van der Waals surface area contributed by atoms with Gasteiger partial charge in [-0.05, 0) is 55.8 Å². The standard InChI is InChI=1S/C33H35ClF3N3O10S/c1-19-4-8-27(49-3)24(14-19)32(39-18-21(43)16-26(39)30(44)38(10-12-41)11-13-42)23-15-20(34)5-7-25(23)40(31(32)45)51(46,47)29-9-6-22(48-2)17-28(29)50-33(35,36)37/h4-9,14-15,17,21,26,41-43H,10-13,16,18H2,1-3H3/t21-,26+,32?/m1/s1. The minimum absolute atomic E-state index is 0.0344. The highest BCUT2D eigenvalue weighted by atomic mass is 35.5. The molecule has 0 aliphatic carbocycles. The van der Waals surface area contributed by atoms with Crippen LogP contribution in [-0.2, 0) is 25.2 Å². The zero-order valence-corrected chi connectivity index (χ0v) is 29.1. The lowest BCUT2D eigenvalue weighted by Crippen LogP contribution is -2.60. The van der Waals surface area contributed by atoms with Crippen LogP contribution in [0.15, 0.2) is 59.5 Å². The first-order valence-corrected chi connectivity index (χ1v) is 17.3. The predicted molar refractivity (Wildman–Crippen MR) is 176 cm³/mol. The third-order valence-electron chi connectivity index (χ3n) is 8.75. The number of aryl methyl sites for hydroxylation is 1. The average molecular weight is 758 g/mol. The number of β-amino-alcohol motifs (C(OH)–C–C–N with tert-alkyl or cyclic N) is 1. The molecule has 0 bridgehead atoms. The molecule has 3 aromatic carbocycles. The molecule has 18 heteroatoms. The van der Waals surface area contributed by atoms with E-state index in [9.17, 15) is 41.7 Å². The molecule has 5 rings (SSSR count). The fourth-order valence-corrected chi connectivity index (χ4v) is 8.45. The summed E-state index contributed by atoms with van der Waals surface area (Å²) < 4.78 is 85.3. The van der Waals surface area contributed by atoms with Crippen molar-refractivity contribution in [2.45, 2.75) is 42.3 Å². The number of nitrogens with zero attached hydrogens (tertiary/aromatic N) is 3. The summed E-state index contributed by atoms with van der Waals surface area (Å²) in [4.78, 5) is 31.0. The third-order valence-corrected chi connectivity index (χ3v) is 10.7. The molecule has 2 amide bonds. The van der Waals surface area contributed by atoms with Crippen molar-refractivity contribution in [1.29, 1.82) is 0 Å². The Morgan fingerprint density at radius 2 is 1.69 bits per heavy atom. The van der Waals surface area contributed by atoms with E-state index in [4.69, 9.17) is 21.1 Å². The van der Waals surface area contributed by atoms with Crippen LogP contribution in [0, 0.1) is 6.92 Å². The van der Waals surface area contributed by atoms with Gasteiger partial charge in [-0.25, -0.2) is 12.7 Å². The number of anilines is 1. The van der Waals surface area contributed by atoms with E-state index in [1.54, 1.807) is 13.0 Å². The number of alkyl halides is 3. The van der Waals surface area contributed by atoms with E-state index in [0.29, 0.717) is 15.9 Å². The van der Waals surface area contributed by atoms with E-state index in [2.05, 4.69) is 4.74 Å². The number of benzene rings is 3. The molecule has 2 heterocycles. The number of rotatable bonds is 12. The first-order valence-electron chi connectivity index (χ1n) is 15.5. The number of halogens is 4. The molecule has 3 N–H and O–H groups in total. The van der Waals surface area contributed by atoms with Crippen molar-refractivity contribution >= 4 is 39.1 Å². The van der Waals surface area contributed by atoms with E-state index in [1.165, 1.54) is 42.3 Å². The number of likely N-dealkylation sites (tertiary alicyclic amines) is 1.